The Morgan fingerprint density at radius 1 is 1.43 bits per heavy atom. The third-order valence-electron chi connectivity index (χ3n) is 3.49. The molecule has 0 aliphatic heterocycles. The third kappa shape index (κ3) is 3.59. The summed E-state index contributed by atoms with van der Waals surface area (Å²) in [5, 5.41) is 9.57. The first-order valence-electron chi connectivity index (χ1n) is 6.81. The summed E-state index contributed by atoms with van der Waals surface area (Å²) in [7, 11) is 0. The van der Waals surface area contributed by atoms with Gasteiger partial charge in [0, 0.05) is 29.1 Å². The van der Waals surface area contributed by atoms with Crippen LogP contribution in [0.25, 0.3) is 0 Å². The summed E-state index contributed by atoms with van der Waals surface area (Å²) < 4.78 is 13.5. The lowest BCUT2D eigenvalue weighted by molar-refractivity contribution is 0.0953. The third-order valence-corrected chi connectivity index (χ3v) is 3.49. The van der Waals surface area contributed by atoms with Gasteiger partial charge in [-0.3, -0.25) is 9.89 Å². The van der Waals surface area contributed by atoms with E-state index in [1.54, 1.807) is 13.1 Å². The number of benzene rings is 1. The van der Waals surface area contributed by atoms with Gasteiger partial charge in [-0.1, -0.05) is 0 Å². The first kappa shape index (κ1) is 15.0. The monoisotopic (exact) mass is 290 g/mol. The number of aromatic nitrogens is 2. The maximum Gasteiger partial charge on any atom is 0.251 e. The molecule has 21 heavy (non-hydrogen) atoms. The lowest BCUT2D eigenvalue weighted by Crippen LogP contribution is -2.25. The fraction of sp³-hybridized carbons (Fsp3) is 0.333. The molecule has 0 fully saturated rings. The molecule has 1 amide bonds. The van der Waals surface area contributed by atoms with E-state index in [9.17, 15) is 9.18 Å². The lowest BCUT2D eigenvalue weighted by atomic mass is 10.1. The number of hydrogen-bond acceptors (Lipinski definition) is 3. The van der Waals surface area contributed by atoms with Crippen LogP contribution in [0, 0.1) is 19.7 Å². The van der Waals surface area contributed by atoms with Crippen molar-refractivity contribution in [2.75, 3.05) is 12.3 Å². The van der Waals surface area contributed by atoms with Gasteiger partial charge in [-0.15, -0.1) is 0 Å². The second-order valence-electron chi connectivity index (χ2n) is 5.05. The van der Waals surface area contributed by atoms with E-state index >= 15 is 0 Å². The molecule has 1 aromatic heterocycles. The number of H-pyrrole nitrogens is 1. The zero-order chi connectivity index (χ0) is 15.4. The first-order valence-corrected chi connectivity index (χ1v) is 6.81. The molecule has 4 N–H and O–H groups in total. The number of nitrogens with two attached hydrogens (primary N) is 1. The summed E-state index contributed by atoms with van der Waals surface area (Å²) in [5.74, 6) is -0.779. The van der Waals surface area contributed by atoms with Crippen molar-refractivity contribution in [1.82, 2.24) is 15.5 Å². The van der Waals surface area contributed by atoms with Crippen LogP contribution in [0.2, 0.25) is 0 Å². The topological polar surface area (TPSA) is 83.8 Å². The number of rotatable bonds is 5. The highest BCUT2D eigenvalue weighted by Gasteiger charge is 2.10. The van der Waals surface area contributed by atoms with Gasteiger partial charge in [-0.25, -0.2) is 4.39 Å². The fourth-order valence-electron chi connectivity index (χ4n) is 2.04. The van der Waals surface area contributed by atoms with Crippen molar-refractivity contribution in [3.63, 3.8) is 0 Å². The van der Waals surface area contributed by atoms with Crippen LogP contribution in [0.3, 0.4) is 0 Å². The van der Waals surface area contributed by atoms with E-state index in [-0.39, 0.29) is 17.2 Å². The van der Waals surface area contributed by atoms with E-state index < -0.39 is 5.82 Å². The molecule has 5 nitrogen and oxygen atoms in total. The number of anilines is 1. The molecule has 0 aliphatic carbocycles. The molecular formula is C15H19FN4O. The highest BCUT2D eigenvalue weighted by molar-refractivity contribution is 5.95. The van der Waals surface area contributed by atoms with E-state index in [1.807, 2.05) is 6.92 Å². The molecule has 0 radical (unpaired) electrons. The molecule has 0 saturated carbocycles. The average Bonchev–Trinajstić information content (AvgIpc) is 2.85. The Kier molecular flexibility index (Phi) is 4.57. The van der Waals surface area contributed by atoms with Crippen molar-refractivity contribution in [3.05, 3.63) is 46.5 Å². The Morgan fingerprint density at radius 3 is 2.81 bits per heavy atom. The van der Waals surface area contributed by atoms with Crippen LogP contribution in [0.1, 0.15) is 33.6 Å². The van der Waals surface area contributed by atoms with E-state index in [0.717, 1.165) is 24.1 Å². The molecule has 1 heterocycles. The minimum Gasteiger partial charge on any atom is -0.398 e. The number of aromatic amines is 1. The molecule has 0 aliphatic rings. The standard InChI is InChI=1S/C15H19FN4O/c1-9-13(16)6-12(7-14(9)17)15(21)18-5-3-4-11-8-19-20-10(11)2/h6-8H,3-5,17H2,1-2H3,(H,18,21)(H,19,20). The molecule has 0 atom stereocenters. The van der Waals surface area contributed by atoms with Gasteiger partial charge in [0.2, 0.25) is 0 Å². The first-order chi connectivity index (χ1) is 9.99. The van der Waals surface area contributed by atoms with E-state index in [0.29, 0.717) is 12.1 Å². The van der Waals surface area contributed by atoms with Gasteiger partial charge in [0.1, 0.15) is 5.82 Å². The van der Waals surface area contributed by atoms with Gasteiger partial charge in [-0.05, 0) is 44.4 Å². The Morgan fingerprint density at radius 2 is 2.19 bits per heavy atom. The summed E-state index contributed by atoms with van der Waals surface area (Å²) in [6.45, 7) is 4.05. The SMILES string of the molecule is Cc1[nH]ncc1CCCNC(=O)c1cc(N)c(C)c(F)c1. The number of amides is 1. The quantitative estimate of drug-likeness (QED) is 0.582. The lowest BCUT2D eigenvalue weighted by Gasteiger charge is -2.08. The van der Waals surface area contributed by atoms with E-state index in [4.69, 9.17) is 5.73 Å². The zero-order valence-corrected chi connectivity index (χ0v) is 12.2. The maximum atomic E-state index is 13.5. The van der Waals surface area contributed by atoms with Gasteiger partial charge in [-0.2, -0.15) is 5.10 Å². The van der Waals surface area contributed by atoms with Crippen molar-refractivity contribution in [2.24, 2.45) is 0 Å². The number of halogens is 1. The van der Waals surface area contributed by atoms with Gasteiger partial charge < -0.3 is 11.1 Å². The summed E-state index contributed by atoms with van der Waals surface area (Å²) in [6.07, 6.45) is 3.40. The van der Waals surface area contributed by atoms with Crippen molar-refractivity contribution in [1.29, 1.82) is 0 Å². The molecule has 6 heteroatoms. The summed E-state index contributed by atoms with van der Waals surface area (Å²) in [5.41, 5.74) is 8.73. The highest BCUT2D eigenvalue weighted by Crippen LogP contribution is 2.17. The van der Waals surface area contributed by atoms with Crippen molar-refractivity contribution in [3.8, 4) is 0 Å². The summed E-state index contributed by atoms with van der Waals surface area (Å²) in [6, 6.07) is 2.70. The number of nitrogens with one attached hydrogen (secondary N) is 2. The van der Waals surface area contributed by atoms with E-state index in [1.165, 1.54) is 12.1 Å². The molecule has 112 valence electrons. The smallest absolute Gasteiger partial charge is 0.251 e. The van der Waals surface area contributed by atoms with Gasteiger partial charge in [0.25, 0.3) is 5.91 Å². The molecule has 0 bridgehead atoms. The van der Waals surface area contributed by atoms with Gasteiger partial charge in [0.15, 0.2) is 0 Å². The Balaban J connectivity index is 1.86. The number of nitrogens with zero attached hydrogens (tertiary/aromatic N) is 1. The molecule has 2 rings (SSSR count). The maximum absolute atomic E-state index is 13.5. The van der Waals surface area contributed by atoms with Gasteiger partial charge >= 0.3 is 0 Å². The normalized spacial score (nSPS) is 10.6. The molecule has 1 aromatic carbocycles. The summed E-state index contributed by atoms with van der Waals surface area (Å²) >= 11 is 0. The zero-order valence-electron chi connectivity index (χ0n) is 12.2. The van der Waals surface area contributed by atoms with Crippen molar-refractivity contribution >= 4 is 11.6 Å². The number of nitrogen functional groups attached to an aromatic ring is 1. The van der Waals surface area contributed by atoms with Crippen LogP contribution < -0.4 is 11.1 Å². The van der Waals surface area contributed by atoms with Crippen LogP contribution in [0.4, 0.5) is 10.1 Å². The predicted molar refractivity (Wildman–Crippen MR) is 79.5 cm³/mol. The largest absolute Gasteiger partial charge is 0.398 e. The molecule has 2 aromatic rings. The number of hydrogen-bond donors (Lipinski definition) is 3. The van der Waals surface area contributed by atoms with Crippen molar-refractivity contribution < 1.29 is 9.18 Å². The van der Waals surface area contributed by atoms with Crippen LogP contribution >= 0.6 is 0 Å². The predicted octanol–water partition coefficient (Wildman–Crippen LogP) is 2.11. The summed E-state index contributed by atoms with van der Waals surface area (Å²) in [4.78, 5) is 11.9. The molecule has 0 unspecified atom stereocenters. The van der Waals surface area contributed by atoms with Gasteiger partial charge in [0.05, 0.1) is 6.20 Å². The number of aryl methyl sites for hydroxylation is 2. The second-order valence-corrected chi connectivity index (χ2v) is 5.05. The Bertz CT molecular complexity index is 628. The Hall–Kier alpha value is -2.37. The van der Waals surface area contributed by atoms with Crippen LogP contribution in [0.15, 0.2) is 18.3 Å². The average molecular weight is 290 g/mol. The van der Waals surface area contributed by atoms with E-state index in [2.05, 4.69) is 15.5 Å². The highest BCUT2D eigenvalue weighted by atomic mass is 19.1. The van der Waals surface area contributed by atoms with Crippen LogP contribution in [-0.2, 0) is 6.42 Å². The molecule has 0 spiro atoms. The van der Waals surface area contributed by atoms with Crippen LogP contribution in [-0.4, -0.2) is 22.6 Å². The minimum atomic E-state index is -0.464. The molecule has 0 saturated heterocycles. The number of carbonyl (C=O) groups excluding carboxylic acids is 1. The van der Waals surface area contributed by atoms with Crippen molar-refractivity contribution in [2.45, 2.75) is 26.7 Å². The Labute approximate surface area is 122 Å². The second kappa shape index (κ2) is 6.39. The fourth-order valence-corrected chi connectivity index (χ4v) is 2.04. The minimum absolute atomic E-state index is 0.245. The molecular weight excluding hydrogens is 271 g/mol. The number of carbonyl (C=O) groups is 1. The van der Waals surface area contributed by atoms with Crippen LogP contribution in [0.5, 0.6) is 0 Å².